The van der Waals surface area contributed by atoms with E-state index >= 15 is 0 Å². The first-order chi connectivity index (χ1) is 16.9. The maximum atomic E-state index is 13.1. The number of carbonyl (C=O) groups excluding carboxylic acids is 1. The second-order valence-electron chi connectivity index (χ2n) is 8.88. The van der Waals surface area contributed by atoms with Crippen LogP contribution in [0.4, 0.5) is 37.0 Å². The Morgan fingerprint density at radius 3 is 2.14 bits per heavy atom. The fraction of sp³-hybridized carbons (Fsp3) is 0.565. The standard InChI is InChI=1S/C23H27F6N5O2/c1-2-31-6-8-32(9-7-31)20-13-19-14-33(4-3-5-34(19)30-20)21(35)36-15-16-10-17(22(24,25)26)12-18(11-16)23(27,28)29/h10-13H,2-9,14-15H2,1H3. The van der Waals surface area contributed by atoms with Gasteiger partial charge in [0.2, 0.25) is 0 Å². The van der Waals surface area contributed by atoms with Gasteiger partial charge >= 0.3 is 18.4 Å². The number of hydrogen-bond donors (Lipinski definition) is 0. The number of likely N-dealkylation sites (N-methyl/N-ethyl adjacent to an activating group) is 1. The van der Waals surface area contributed by atoms with Crippen molar-refractivity contribution in [3.63, 3.8) is 0 Å². The van der Waals surface area contributed by atoms with Crippen LogP contribution in [-0.2, 0) is 36.8 Å². The van der Waals surface area contributed by atoms with E-state index in [1.54, 1.807) is 0 Å². The topological polar surface area (TPSA) is 53.8 Å². The Balaban J connectivity index is 1.42. The molecule has 2 aromatic rings. The van der Waals surface area contributed by atoms with Gasteiger partial charge in [0, 0.05) is 45.3 Å². The van der Waals surface area contributed by atoms with Gasteiger partial charge in [-0.3, -0.25) is 4.68 Å². The molecule has 1 aromatic heterocycles. The molecule has 2 aliphatic heterocycles. The van der Waals surface area contributed by atoms with Gasteiger partial charge in [-0.25, -0.2) is 4.79 Å². The van der Waals surface area contributed by atoms with E-state index in [4.69, 9.17) is 4.74 Å². The smallest absolute Gasteiger partial charge is 0.416 e. The van der Waals surface area contributed by atoms with Crippen molar-refractivity contribution in [2.45, 2.75) is 45.4 Å². The van der Waals surface area contributed by atoms with Gasteiger partial charge in [-0.05, 0) is 36.7 Å². The van der Waals surface area contributed by atoms with Crippen LogP contribution in [0.2, 0.25) is 0 Å². The highest BCUT2D eigenvalue weighted by atomic mass is 19.4. The average Bonchev–Trinajstić information content (AvgIpc) is 3.12. The molecule has 1 aromatic carbocycles. The van der Waals surface area contributed by atoms with Gasteiger partial charge in [0.15, 0.2) is 5.82 Å². The van der Waals surface area contributed by atoms with E-state index in [9.17, 15) is 31.1 Å². The zero-order valence-corrected chi connectivity index (χ0v) is 19.7. The minimum atomic E-state index is -4.97. The van der Waals surface area contributed by atoms with Gasteiger partial charge in [-0.15, -0.1) is 0 Å². The van der Waals surface area contributed by atoms with Crippen LogP contribution >= 0.6 is 0 Å². The molecule has 7 nitrogen and oxygen atoms in total. The van der Waals surface area contributed by atoms with Crippen molar-refractivity contribution in [2.75, 3.05) is 44.2 Å². The summed E-state index contributed by atoms with van der Waals surface area (Å²) in [6.45, 7) is 7.02. The number of hydrogen-bond acceptors (Lipinski definition) is 5. The number of piperazine rings is 1. The van der Waals surface area contributed by atoms with Crippen LogP contribution in [0.25, 0.3) is 0 Å². The van der Waals surface area contributed by atoms with Crippen molar-refractivity contribution in [1.29, 1.82) is 0 Å². The average molecular weight is 519 g/mol. The van der Waals surface area contributed by atoms with Crippen LogP contribution in [0.1, 0.15) is 35.7 Å². The van der Waals surface area contributed by atoms with Crippen LogP contribution in [0.3, 0.4) is 0 Å². The van der Waals surface area contributed by atoms with Gasteiger partial charge < -0.3 is 19.4 Å². The second kappa shape index (κ2) is 10.2. The molecular formula is C23H27F6N5O2. The number of carbonyl (C=O) groups is 1. The van der Waals surface area contributed by atoms with E-state index in [-0.39, 0.29) is 18.2 Å². The Kier molecular flexibility index (Phi) is 7.39. The van der Waals surface area contributed by atoms with Crippen LogP contribution in [0, 0.1) is 0 Å². The van der Waals surface area contributed by atoms with E-state index in [0.717, 1.165) is 44.2 Å². The van der Waals surface area contributed by atoms with Crippen molar-refractivity contribution in [3.8, 4) is 0 Å². The van der Waals surface area contributed by atoms with E-state index in [1.165, 1.54) is 4.90 Å². The summed E-state index contributed by atoms with van der Waals surface area (Å²) in [4.78, 5) is 18.6. The van der Waals surface area contributed by atoms with E-state index in [0.29, 0.717) is 31.6 Å². The molecule has 1 saturated heterocycles. The Labute approximate surface area is 204 Å². The molecule has 2 aliphatic rings. The van der Waals surface area contributed by atoms with Gasteiger partial charge in [0.05, 0.1) is 23.4 Å². The SMILES string of the molecule is CCN1CCN(c2cc3n(n2)CCCN(C(=O)OCc2cc(C(F)(F)F)cc(C(F)(F)F)c2)C3)CC1. The largest absolute Gasteiger partial charge is 0.445 e. The number of amides is 1. The van der Waals surface area contributed by atoms with Gasteiger partial charge in [-0.1, -0.05) is 6.92 Å². The molecule has 0 spiro atoms. The first-order valence-electron chi connectivity index (χ1n) is 11.7. The highest BCUT2D eigenvalue weighted by molar-refractivity contribution is 5.67. The third kappa shape index (κ3) is 6.05. The lowest BCUT2D eigenvalue weighted by Crippen LogP contribution is -2.46. The number of aryl methyl sites for hydroxylation is 1. The van der Waals surface area contributed by atoms with E-state index in [1.807, 2.05) is 10.7 Å². The summed E-state index contributed by atoms with van der Waals surface area (Å²) < 4.78 is 85.5. The maximum absolute atomic E-state index is 13.1. The first kappa shape index (κ1) is 26.1. The summed E-state index contributed by atoms with van der Waals surface area (Å²) in [6.07, 6.45) is -10.2. The molecule has 0 bridgehead atoms. The second-order valence-corrected chi connectivity index (χ2v) is 8.88. The normalized spacial score (nSPS) is 17.6. The number of halogens is 6. The predicted molar refractivity (Wildman–Crippen MR) is 118 cm³/mol. The molecular weight excluding hydrogens is 492 g/mol. The number of benzene rings is 1. The van der Waals surface area contributed by atoms with Crippen molar-refractivity contribution < 1.29 is 35.9 Å². The molecule has 13 heteroatoms. The highest BCUT2D eigenvalue weighted by Gasteiger charge is 2.37. The van der Waals surface area contributed by atoms with Crippen molar-refractivity contribution >= 4 is 11.9 Å². The van der Waals surface area contributed by atoms with Crippen molar-refractivity contribution in [2.24, 2.45) is 0 Å². The fourth-order valence-electron chi connectivity index (χ4n) is 4.39. The minimum Gasteiger partial charge on any atom is -0.445 e. The first-order valence-corrected chi connectivity index (χ1v) is 11.7. The molecule has 0 atom stereocenters. The molecule has 0 N–H and O–H groups in total. The molecule has 4 rings (SSSR count). The number of aromatic nitrogens is 2. The third-order valence-corrected chi connectivity index (χ3v) is 6.41. The molecule has 0 radical (unpaired) electrons. The number of nitrogens with zero attached hydrogens (tertiary/aromatic N) is 5. The summed E-state index contributed by atoms with van der Waals surface area (Å²) in [5.41, 5.74) is -2.50. The number of fused-ring (bicyclic) bond motifs is 1. The monoisotopic (exact) mass is 519 g/mol. The highest BCUT2D eigenvalue weighted by Crippen LogP contribution is 2.36. The zero-order chi connectivity index (χ0) is 26.1. The van der Waals surface area contributed by atoms with Crippen LogP contribution < -0.4 is 4.90 Å². The molecule has 0 aliphatic carbocycles. The van der Waals surface area contributed by atoms with Crippen LogP contribution in [-0.4, -0.2) is 64.9 Å². The Morgan fingerprint density at radius 2 is 1.56 bits per heavy atom. The van der Waals surface area contributed by atoms with Gasteiger partial charge in [0.1, 0.15) is 6.61 Å². The van der Waals surface area contributed by atoms with E-state index in [2.05, 4.69) is 21.8 Å². The summed E-state index contributed by atoms with van der Waals surface area (Å²) in [5, 5.41) is 4.67. The zero-order valence-electron chi connectivity index (χ0n) is 19.7. The molecule has 36 heavy (non-hydrogen) atoms. The number of anilines is 1. The molecule has 198 valence electrons. The summed E-state index contributed by atoms with van der Waals surface area (Å²) in [7, 11) is 0. The van der Waals surface area contributed by atoms with Gasteiger partial charge in [0.25, 0.3) is 0 Å². The lowest BCUT2D eigenvalue weighted by molar-refractivity contribution is -0.143. The Hall–Kier alpha value is -2.96. The predicted octanol–water partition coefficient (Wildman–Crippen LogP) is 4.61. The molecule has 1 fully saturated rings. The lowest BCUT2D eigenvalue weighted by atomic mass is 10.1. The maximum Gasteiger partial charge on any atom is 0.416 e. The molecule has 0 saturated carbocycles. The Bertz CT molecular complexity index is 1040. The summed E-state index contributed by atoms with van der Waals surface area (Å²) in [5.74, 6) is 0.819. The van der Waals surface area contributed by atoms with E-state index < -0.39 is 36.2 Å². The van der Waals surface area contributed by atoms with Crippen molar-refractivity contribution in [3.05, 3.63) is 46.6 Å². The molecule has 1 amide bonds. The molecule has 0 unspecified atom stereocenters. The Morgan fingerprint density at radius 1 is 0.917 bits per heavy atom. The van der Waals surface area contributed by atoms with Crippen LogP contribution in [0.15, 0.2) is 24.3 Å². The quantitative estimate of drug-likeness (QED) is 0.553. The fourth-order valence-corrected chi connectivity index (χ4v) is 4.39. The number of rotatable bonds is 4. The van der Waals surface area contributed by atoms with Gasteiger partial charge in [-0.2, -0.15) is 31.4 Å². The number of ether oxygens (including phenoxy) is 1. The molecule has 3 heterocycles. The minimum absolute atomic E-state index is 0.0426. The van der Waals surface area contributed by atoms with Crippen LogP contribution in [0.5, 0.6) is 0 Å². The van der Waals surface area contributed by atoms with Crippen molar-refractivity contribution in [1.82, 2.24) is 19.6 Å². The third-order valence-electron chi connectivity index (χ3n) is 6.41. The lowest BCUT2D eigenvalue weighted by Gasteiger charge is -2.34. The summed E-state index contributed by atoms with van der Waals surface area (Å²) >= 11 is 0. The summed E-state index contributed by atoms with van der Waals surface area (Å²) in [6, 6.07) is 3.08. The number of alkyl halides is 6.